The highest BCUT2D eigenvalue weighted by Gasteiger charge is 2.20. The summed E-state index contributed by atoms with van der Waals surface area (Å²) < 4.78 is 20.9. The number of benzene rings is 2. The third-order valence-electron chi connectivity index (χ3n) is 4.61. The van der Waals surface area contributed by atoms with Crippen LogP contribution in [-0.4, -0.2) is 30.8 Å². The van der Waals surface area contributed by atoms with Crippen molar-refractivity contribution in [2.75, 3.05) is 0 Å². The molecule has 0 saturated heterocycles. The minimum atomic E-state index is -4.68. The van der Waals surface area contributed by atoms with Crippen LogP contribution in [0.2, 0.25) is 10.0 Å². The number of hydrogen-bond acceptors (Lipinski definition) is 6. The summed E-state index contributed by atoms with van der Waals surface area (Å²) in [6, 6.07) is 10.5. The summed E-state index contributed by atoms with van der Waals surface area (Å²) in [6.07, 6.45) is 0.377. The van der Waals surface area contributed by atoms with E-state index in [0.29, 0.717) is 33.2 Å². The molecule has 2 aromatic heterocycles. The number of carbonyl (C=O) groups is 1. The Kier molecular flexibility index (Phi) is 6.47. The van der Waals surface area contributed by atoms with E-state index in [4.69, 9.17) is 37.5 Å². The standard InChI is InChI=1S/C20H17Cl2N4O6P/c1-10(20-25-18(26-31-20)7-11-2-4-14(21)15(22)6-11)23-19(27)17-9-12-8-13(32-33(28,29)30)3-5-16(12)24-17/h2-6,8-10,24H,7H2,1H3,(H,23,27)(H2,28,29,30)/t10-/m0/s1. The quantitative estimate of drug-likeness (QED) is 0.267. The number of aromatic nitrogens is 3. The molecule has 33 heavy (non-hydrogen) atoms. The van der Waals surface area contributed by atoms with E-state index in [-0.39, 0.29) is 17.3 Å². The first-order chi connectivity index (χ1) is 15.6. The monoisotopic (exact) mass is 510 g/mol. The van der Waals surface area contributed by atoms with Crippen LogP contribution in [0.3, 0.4) is 0 Å². The van der Waals surface area contributed by atoms with E-state index in [0.717, 1.165) is 5.56 Å². The van der Waals surface area contributed by atoms with Gasteiger partial charge in [-0.25, -0.2) is 4.57 Å². The van der Waals surface area contributed by atoms with Gasteiger partial charge in [-0.1, -0.05) is 34.4 Å². The Morgan fingerprint density at radius 3 is 2.73 bits per heavy atom. The number of aromatic amines is 1. The molecule has 0 fully saturated rings. The highest BCUT2D eigenvalue weighted by molar-refractivity contribution is 7.46. The van der Waals surface area contributed by atoms with Gasteiger partial charge in [-0.3, -0.25) is 14.6 Å². The van der Waals surface area contributed by atoms with Crippen molar-refractivity contribution in [2.45, 2.75) is 19.4 Å². The van der Waals surface area contributed by atoms with E-state index in [9.17, 15) is 9.36 Å². The van der Waals surface area contributed by atoms with E-state index in [1.54, 1.807) is 25.1 Å². The summed E-state index contributed by atoms with van der Waals surface area (Å²) in [6.45, 7) is 1.70. The lowest BCUT2D eigenvalue weighted by molar-refractivity contribution is 0.0928. The zero-order valence-electron chi connectivity index (χ0n) is 17.0. The van der Waals surface area contributed by atoms with Crippen LogP contribution in [0.4, 0.5) is 0 Å². The number of nitrogens with one attached hydrogen (secondary N) is 2. The van der Waals surface area contributed by atoms with Crippen molar-refractivity contribution < 1.29 is 28.2 Å². The zero-order chi connectivity index (χ0) is 23.8. The number of amides is 1. The van der Waals surface area contributed by atoms with Crippen LogP contribution < -0.4 is 9.84 Å². The largest absolute Gasteiger partial charge is 0.524 e. The van der Waals surface area contributed by atoms with Gasteiger partial charge in [0.2, 0.25) is 5.89 Å². The van der Waals surface area contributed by atoms with Crippen molar-refractivity contribution in [2.24, 2.45) is 0 Å². The fourth-order valence-electron chi connectivity index (χ4n) is 3.11. The molecule has 0 unspecified atom stereocenters. The Hall–Kier alpha value is -2.88. The summed E-state index contributed by atoms with van der Waals surface area (Å²) in [5.74, 6) is 0.204. The second-order valence-electron chi connectivity index (χ2n) is 7.18. The third kappa shape index (κ3) is 5.73. The van der Waals surface area contributed by atoms with Gasteiger partial charge < -0.3 is 19.3 Å². The van der Waals surface area contributed by atoms with E-state index in [2.05, 4.69) is 25.0 Å². The van der Waals surface area contributed by atoms with E-state index >= 15 is 0 Å². The third-order valence-corrected chi connectivity index (χ3v) is 5.80. The molecule has 4 aromatic rings. The van der Waals surface area contributed by atoms with Crippen LogP contribution in [0.25, 0.3) is 10.9 Å². The summed E-state index contributed by atoms with van der Waals surface area (Å²) in [5.41, 5.74) is 1.68. The average molecular weight is 511 g/mol. The maximum Gasteiger partial charge on any atom is 0.524 e. The Bertz CT molecular complexity index is 1380. The van der Waals surface area contributed by atoms with Crippen LogP contribution in [0.5, 0.6) is 5.75 Å². The van der Waals surface area contributed by atoms with Gasteiger partial charge in [0.25, 0.3) is 5.91 Å². The second kappa shape index (κ2) is 9.17. The number of phosphoric ester groups is 1. The molecule has 0 aliphatic carbocycles. The number of carbonyl (C=O) groups excluding carboxylic acids is 1. The number of hydrogen-bond donors (Lipinski definition) is 4. The van der Waals surface area contributed by atoms with E-state index < -0.39 is 19.8 Å². The van der Waals surface area contributed by atoms with Gasteiger partial charge in [0, 0.05) is 17.3 Å². The molecule has 0 spiro atoms. The van der Waals surface area contributed by atoms with Gasteiger partial charge in [0.15, 0.2) is 5.82 Å². The maximum absolute atomic E-state index is 12.7. The molecule has 10 nitrogen and oxygen atoms in total. The van der Waals surface area contributed by atoms with Crippen LogP contribution in [0.1, 0.15) is 40.7 Å². The van der Waals surface area contributed by atoms with E-state index in [1.807, 2.05) is 6.07 Å². The predicted octanol–water partition coefficient (Wildman–Crippen LogP) is 4.41. The molecule has 0 saturated carbocycles. The summed E-state index contributed by atoms with van der Waals surface area (Å²) in [4.78, 5) is 37.8. The summed E-state index contributed by atoms with van der Waals surface area (Å²) >= 11 is 12.0. The molecule has 0 aliphatic rings. The molecule has 0 aliphatic heterocycles. The van der Waals surface area contributed by atoms with Crippen LogP contribution in [0.15, 0.2) is 47.0 Å². The van der Waals surface area contributed by atoms with Crippen molar-refractivity contribution in [3.63, 3.8) is 0 Å². The van der Waals surface area contributed by atoms with Crippen LogP contribution in [0, 0.1) is 0 Å². The van der Waals surface area contributed by atoms with Crippen molar-refractivity contribution in [1.82, 2.24) is 20.4 Å². The number of H-pyrrole nitrogens is 1. The Morgan fingerprint density at radius 1 is 1.21 bits per heavy atom. The highest BCUT2D eigenvalue weighted by atomic mass is 35.5. The second-order valence-corrected chi connectivity index (χ2v) is 9.16. The topological polar surface area (TPSA) is 151 Å². The highest BCUT2D eigenvalue weighted by Crippen LogP contribution is 2.38. The molecular formula is C20H17Cl2N4O6P. The Morgan fingerprint density at radius 2 is 2.00 bits per heavy atom. The fourth-order valence-corrected chi connectivity index (χ4v) is 3.82. The average Bonchev–Trinajstić information content (AvgIpc) is 3.36. The lowest BCUT2D eigenvalue weighted by Crippen LogP contribution is -2.27. The molecule has 2 aromatic carbocycles. The van der Waals surface area contributed by atoms with Gasteiger partial charge in [-0.15, -0.1) is 0 Å². The van der Waals surface area contributed by atoms with Gasteiger partial charge in [0.05, 0.1) is 10.0 Å². The van der Waals surface area contributed by atoms with Crippen LogP contribution >= 0.6 is 31.0 Å². The van der Waals surface area contributed by atoms with Crippen molar-refractivity contribution >= 4 is 47.8 Å². The molecule has 13 heteroatoms. The Labute approximate surface area is 197 Å². The molecule has 0 bridgehead atoms. The van der Waals surface area contributed by atoms with Gasteiger partial charge >= 0.3 is 7.82 Å². The lowest BCUT2D eigenvalue weighted by atomic mass is 10.1. The number of nitrogens with zero attached hydrogens (tertiary/aromatic N) is 2. The van der Waals surface area contributed by atoms with E-state index in [1.165, 1.54) is 18.2 Å². The smallest absolute Gasteiger partial charge is 0.404 e. The summed E-state index contributed by atoms with van der Waals surface area (Å²) in [7, 11) is -4.68. The Balaban J connectivity index is 1.43. The SMILES string of the molecule is C[C@H](NC(=O)c1cc2cc(OP(=O)(O)O)ccc2[nH]1)c1nc(Cc2ccc(Cl)c(Cl)c2)no1. The molecule has 4 rings (SSSR count). The number of phosphoric acid groups is 1. The molecule has 1 atom stereocenters. The zero-order valence-corrected chi connectivity index (χ0v) is 19.4. The predicted molar refractivity (Wildman–Crippen MR) is 120 cm³/mol. The van der Waals surface area contributed by atoms with Gasteiger partial charge in [-0.2, -0.15) is 4.98 Å². The number of fused-ring (bicyclic) bond motifs is 1. The van der Waals surface area contributed by atoms with Gasteiger partial charge in [-0.05, 0) is 48.9 Å². The molecule has 4 N–H and O–H groups in total. The molecule has 172 valence electrons. The molecule has 2 heterocycles. The van der Waals surface area contributed by atoms with Crippen molar-refractivity contribution in [3.8, 4) is 5.75 Å². The van der Waals surface area contributed by atoms with Crippen LogP contribution in [-0.2, 0) is 11.0 Å². The van der Waals surface area contributed by atoms with Gasteiger partial charge in [0.1, 0.15) is 17.5 Å². The maximum atomic E-state index is 12.7. The van der Waals surface area contributed by atoms with Crippen molar-refractivity contribution in [3.05, 3.63) is 75.5 Å². The first kappa shape index (κ1) is 23.3. The normalized spacial score (nSPS) is 12.6. The minimum Gasteiger partial charge on any atom is -0.404 e. The molecule has 1 amide bonds. The van der Waals surface area contributed by atoms with Crippen molar-refractivity contribution in [1.29, 1.82) is 0 Å². The first-order valence-corrected chi connectivity index (χ1v) is 11.8. The minimum absolute atomic E-state index is 0.0180. The number of halogens is 2. The molecular weight excluding hydrogens is 494 g/mol. The lowest BCUT2D eigenvalue weighted by Gasteiger charge is -2.08. The fraction of sp³-hybridized carbons (Fsp3) is 0.150. The number of rotatable bonds is 7. The summed E-state index contributed by atoms with van der Waals surface area (Å²) in [5, 5.41) is 8.12. The molecule has 0 radical (unpaired) electrons. The first-order valence-electron chi connectivity index (χ1n) is 9.52.